The molecule has 0 radical (unpaired) electrons. The Hall–Kier alpha value is -2.86. The number of nitrogens with zero attached hydrogens (tertiary/aromatic N) is 4. The molecule has 0 bridgehead atoms. The van der Waals surface area contributed by atoms with E-state index in [1.165, 1.54) is 5.56 Å². The van der Waals surface area contributed by atoms with Crippen LogP contribution in [0, 0.1) is 5.92 Å². The third-order valence-electron chi connectivity index (χ3n) is 6.11. The number of halogens is 1. The summed E-state index contributed by atoms with van der Waals surface area (Å²) in [4.78, 5) is 26.6. The van der Waals surface area contributed by atoms with Gasteiger partial charge in [0, 0.05) is 25.0 Å². The highest BCUT2D eigenvalue weighted by Crippen LogP contribution is 2.30. The molecule has 0 atom stereocenters. The van der Waals surface area contributed by atoms with Crippen molar-refractivity contribution in [2.45, 2.75) is 32.7 Å². The molecule has 6 nitrogen and oxygen atoms in total. The summed E-state index contributed by atoms with van der Waals surface area (Å²) in [6.07, 6.45) is 5.10. The summed E-state index contributed by atoms with van der Waals surface area (Å²) >= 11 is 0. The zero-order valence-electron chi connectivity index (χ0n) is 17.0. The first-order valence-electron chi connectivity index (χ1n) is 10.4. The molecule has 0 spiro atoms. The second-order valence-corrected chi connectivity index (χ2v) is 7.88. The summed E-state index contributed by atoms with van der Waals surface area (Å²) in [5.74, 6) is 1.68. The quantitative estimate of drug-likeness (QED) is 0.534. The molecule has 0 amide bonds. The Morgan fingerprint density at radius 1 is 1.10 bits per heavy atom. The van der Waals surface area contributed by atoms with Gasteiger partial charge >= 0.3 is 5.69 Å². The van der Waals surface area contributed by atoms with E-state index < -0.39 is 0 Å². The standard InChI is InChI=1S/C23H25N5O.ClH/c1-2-28-21-14-19-18(13-20(21)26-23(28)29)22(25-15-24-19)27-10-8-17(9-11-27)12-16-6-4-3-5-7-16;/h3-7,13-15,17H,2,8-12H2,1H3,(H,26,29);1H. The van der Waals surface area contributed by atoms with Crippen LogP contribution in [0.25, 0.3) is 21.9 Å². The molecule has 0 aliphatic carbocycles. The van der Waals surface area contributed by atoms with E-state index in [1.807, 2.05) is 19.1 Å². The SMILES string of the molecule is CCn1c(=O)[nH]c2cc3c(N4CCC(Cc5ccccc5)CC4)ncnc3cc21.Cl. The summed E-state index contributed by atoms with van der Waals surface area (Å²) in [7, 11) is 0. The molecule has 1 saturated heterocycles. The van der Waals surface area contributed by atoms with E-state index in [2.05, 4.69) is 50.2 Å². The third kappa shape index (κ3) is 3.67. The molecule has 1 aliphatic rings. The highest BCUT2D eigenvalue weighted by atomic mass is 35.5. The van der Waals surface area contributed by atoms with Crippen molar-refractivity contribution >= 4 is 40.2 Å². The number of aryl methyl sites for hydroxylation is 1. The molecule has 30 heavy (non-hydrogen) atoms. The van der Waals surface area contributed by atoms with Crippen LogP contribution in [0.5, 0.6) is 0 Å². The smallest absolute Gasteiger partial charge is 0.326 e. The molecule has 2 aromatic carbocycles. The van der Waals surface area contributed by atoms with Gasteiger partial charge in [-0.05, 0) is 49.8 Å². The molecular weight excluding hydrogens is 398 g/mol. The van der Waals surface area contributed by atoms with Crippen molar-refractivity contribution in [3.05, 3.63) is 64.8 Å². The average Bonchev–Trinajstić information content (AvgIpc) is 3.07. The maximum absolute atomic E-state index is 12.2. The maximum atomic E-state index is 12.2. The fourth-order valence-electron chi connectivity index (χ4n) is 4.56. The highest BCUT2D eigenvalue weighted by molar-refractivity contribution is 5.98. The lowest BCUT2D eigenvalue weighted by atomic mass is 9.90. The number of fused-ring (bicyclic) bond motifs is 2. The summed E-state index contributed by atoms with van der Waals surface area (Å²) < 4.78 is 1.74. The number of benzene rings is 2. The number of aromatic amines is 1. The van der Waals surface area contributed by atoms with Gasteiger partial charge in [0.1, 0.15) is 12.1 Å². The summed E-state index contributed by atoms with van der Waals surface area (Å²) in [5, 5.41) is 1.01. The summed E-state index contributed by atoms with van der Waals surface area (Å²) in [5.41, 5.74) is 3.98. The summed E-state index contributed by atoms with van der Waals surface area (Å²) in [6.45, 7) is 4.60. The molecule has 1 fully saturated rings. The zero-order valence-corrected chi connectivity index (χ0v) is 17.9. The Balaban J connectivity index is 0.00000218. The highest BCUT2D eigenvalue weighted by Gasteiger charge is 2.22. The third-order valence-corrected chi connectivity index (χ3v) is 6.11. The topological polar surface area (TPSA) is 66.8 Å². The molecule has 1 aliphatic heterocycles. The zero-order chi connectivity index (χ0) is 19.8. The minimum atomic E-state index is -0.0750. The molecule has 7 heteroatoms. The molecule has 5 rings (SSSR count). The first-order chi connectivity index (χ1) is 14.2. The minimum Gasteiger partial charge on any atom is -0.356 e. The van der Waals surface area contributed by atoms with Crippen LogP contribution in [0.4, 0.5) is 5.82 Å². The van der Waals surface area contributed by atoms with Gasteiger partial charge in [-0.1, -0.05) is 30.3 Å². The maximum Gasteiger partial charge on any atom is 0.326 e. The van der Waals surface area contributed by atoms with Gasteiger partial charge in [0.2, 0.25) is 0 Å². The molecule has 0 saturated carbocycles. The number of nitrogens with one attached hydrogen (secondary N) is 1. The van der Waals surface area contributed by atoms with Gasteiger partial charge in [0.25, 0.3) is 0 Å². The molecule has 4 aromatic rings. The van der Waals surface area contributed by atoms with E-state index >= 15 is 0 Å². The van der Waals surface area contributed by atoms with Gasteiger partial charge in [-0.3, -0.25) is 4.57 Å². The van der Waals surface area contributed by atoms with Crippen LogP contribution < -0.4 is 10.6 Å². The van der Waals surface area contributed by atoms with Gasteiger partial charge in [0.05, 0.1) is 16.6 Å². The van der Waals surface area contributed by atoms with Gasteiger partial charge in [-0.25, -0.2) is 14.8 Å². The Kier molecular flexibility index (Phi) is 5.77. The molecule has 156 valence electrons. The van der Waals surface area contributed by atoms with Crippen molar-refractivity contribution in [3.63, 3.8) is 0 Å². The number of hydrogen-bond donors (Lipinski definition) is 1. The van der Waals surface area contributed by atoms with E-state index in [4.69, 9.17) is 0 Å². The van der Waals surface area contributed by atoms with Gasteiger partial charge in [0.15, 0.2) is 0 Å². The van der Waals surface area contributed by atoms with Crippen LogP contribution in [-0.2, 0) is 13.0 Å². The van der Waals surface area contributed by atoms with Crippen molar-refractivity contribution in [1.82, 2.24) is 19.5 Å². The van der Waals surface area contributed by atoms with E-state index in [1.54, 1.807) is 10.9 Å². The van der Waals surface area contributed by atoms with Crippen molar-refractivity contribution in [2.75, 3.05) is 18.0 Å². The van der Waals surface area contributed by atoms with Crippen LogP contribution in [0.1, 0.15) is 25.3 Å². The van der Waals surface area contributed by atoms with Crippen molar-refractivity contribution in [3.8, 4) is 0 Å². The summed E-state index contributed by atoms with van der Waals surface area (Å²) in [6, 6.07) is 14.8. The first kappa shape index (κ1) is 20.4. The first-order valence-corrected chi connectivity index (χ1v) is 10.4. The van der Waals surface area contributed by atoms with Crippen LogP contribution in [-0.4, -0.2) is 32.6 Å². The number of piperidine rings is 1. The Bertz CT molecular complexity index is 1210. The minimum absolute atomic E-state index is 0. The van der Waals surface area contributed by atoms with Crippen LogP contribution in [0.2, 0.25) is 0 Å². The Morgan fingerprint density at radius 3 is 2.60 bits per heavy atom. The fraction of sp³-hybridized carbons (Fsp3) is 0.348. The van der Waals surface area contributed by atoms with Crippen LogP contribution >= 0.6 is 12.4 Å². The number of rotatable bonds is 4. The molecule has 1 N–H and O–H groups in total. The molecule has 0 unspecified atom stereocenters. The lowest BCUT2D eigenvalue weighted by Gasteiger charge is -2.33. The fourth-order valence-corrected chi connectivity index (χ4v) is 4.56. The Morgan fingerprint density at radius 2 is 1.87 bits per heavy atom. The normalized spacial score (nSPS) is 14.9. The van der Waals surface area contributed by atoms with Crippen LogP contribution in [0.3, 0.4) is 0 Å². The molecule has 3 heterocycles. The number of aromatic nitrogens is 4. The largest absolute Gasteiger partial charge is 0.356 e. The Labute approximate surface area is 181 Å². The van der Waals surface area contributed by atoms with Gasteiger partial charge in [-0.15, -0.1) is 12.4 Å². The number of imidazole rings is 1. The number of hydrogen-bond acceptors (Lipinski definition) is 4. The van der Waals surface area contributed by atoms with Crippen molar-refractivity contribution in [2.24, 2.45) is 5.92 Å². The predicted octanol–water partition coefficient (Wildman–Crippen LogP) is 4.17. The second-order valence-electron chi connectivity index (χ2n) is 7.88. The second kappa shape index (κ2) is 8.48. The monoisotopic (exact) mass is 423 g/mol. The van der Waals surface area contributed by atoms with E-state index in [-0.39, 0.29) is 18.1 Å². The van der Waals surface area contributed by atoms with Crippen LogP contribution in [0.15, 0.2) is 53.6 Å². The molecular formula is C23H26ClN5O. The van der Waals surface area contributed by atoms with Crippen molar-refractivity contribution in [1.29, 1.82) is 0 Å². The lowest BCUT2D eigenvalue weighted by Crippen LogP contribution is -2.35. The van der Waals surface area contributed by atoms with Gasteiger partial charge < -0.3 is 9.88 Å². The molecule has 2 aromatic heterocycles. The average molecular weight is 424 g/mol. The number of H-pyrrole nitrogens is 1. The van der Waals surface area contributed by atoms with E-state index in [9.17, 15) is 4.79 Å². The van der Waals surface area contributed by atoms with Crippen molar-refractivity contribution < 1.29 is 0 Å². The van der Waals surface area contributed by atoms with Gasteiger partial charge in [-0.2, -0.15) is 0 Å². The van der Waals surface area contributed by atoms with E-state index in [0.29, 0.717) is 12.5 Å². The lowest BCUT2D eigenvalue weighted by molar-refractivity contribution is 0.402. The number of anilines is 1. The van der Waals surface area contributed by atoms with E-state index in [0.717, 1.165) is 60.1 Å². The predicted molar refractivity (Wildman–Crippen MR) is 124 cm³/mol.